The van der Waals surface area contributed by atoms with Gasteiger partial charge in [0, 0.05) is 24.1 Å². The van der Waals surface area contributed by atoms with E-state index in [-0.39, 0.29) is 28.9 Å². The Hall–Kier alpha value is -4.21. The fourth-order valence-electron chi connectivity index (χ4n) is 4.92. The normalized spacial score (nSPS) is 19.6. The summed E-state index contributed by atoms with van der Waals surface area (Å²) in [6.45, 7) is 1.11. The molecule has 6 rings (SSSR count). The topological polar surface area (TPSA) is 88.5 Å². The molecule has 3 aromatic carbocycles. The number of benzene rings is 3. The predicted molar refractivity (Wildman–Crippen MR) is 132 cm³/mol. The van der Waals surface area contributed by atoms with E-state index < -0.39 is 36.0 Å². The molecule has 0 aliphatic carbocycles. The number of ether oxygens (including phenoxy) is 2. The number of para-hydroxylation sites is 1. The van der Waals surface area contributed by atoms with Crippen LogP contribution in [0.3, 0.4) is 0 Å². The minimum absolute atomic E-state index is 0.161. The zero-order valence-electron chi connectivity index (χ0n) is 19.7. The Morgan fingerprint density at radius 2 is 1.35 bits per heavy atom. The van der Waals surface area contributed by atoms with Gasteiger partial charge in [-0.05, 0) is 30.3 Å². The predicted octanol–water partition coefficient (Wildman–Crippen LogP) is 3.40. The van der Waals surface area contributed by atoms with Crippen molar-refractivity contribution in [1.82, 2.24) is 4.90 Å². The van der Waals surface area contributed by atoms with E-state index in [0.29, 0.717) is 30.9 Å². The summed E-state index contributed by atoms with van der Waals surface area (Å²) in [5.41, 5.74) is 1.74. The standard InChI is InChI=1S/C28H22FN3O5/c29-21-11-5-3-9-19(21)24-20-10-4-6-12-22(20)31(14-13-23-36-15-16-37-23)28(35)25(30-24)32-26(33)17-7-1-2-8-18(17)27(32)34/h1-12,23,25H,13-16H2. The molecule has 9 heteroatoms. The van der Waals surface area contributed by atoms with Gasteiger partial charge in [0.25, 0.3) is 17.7 Å². The molecular weight excluding hydrogens is 477 g/mol. The van der Waals surface area contributed by atoms with E-state index in [2.05, 4.69) is 4.99 Å². The zero-order valence-corrected chi connectivity index (χ0v) is 19.7. The number of carbonyl (C=O) groups is 3. The molecular formula is C28H22FN3O5. The molecule has 0 radical (unpaired) electrons. The Morgan fingerprint density at radius 3 is 2.00 bits per heavy atom. The molecule has 1 atom stereocenters. The molecule has 3 heterocycles. The average molecular weight is 499 g/mol. The summed E-state index contributed by atoms with van der Waals surface area (Å²) in [5.74, 6) is -2.36. The van der Waals surface area contributed by atoms with Gasteiger partial charge in [-0.1, -0.05) is 42.5 Å². The molecule has 0 saturated carbocycles. The number of rotatable bonds is 5. The van der Waals surface area contributed by atoms with Gasteiger partial charge in [0.1, 0.15) is 5.82 Å². The molecule has 1 unspecified atom stereocenters. The largest absolute Gasteiger partial charge is 0.350 e. The molecule has 3 aromatic rings. The van der Waals surface area contributed by atoms with Crippen LogP contribution in [-0.2, 0) is 14.3 Å². The minimum Gasteiger partial charge on any atom is -0.350 e. The Balaban J connectivity index is 1.50. The summed E-state index contributed by atoms with van der Waals surface area (Å²) >= 11 is 0. The summed E-state index contributed by atoms with van der Waals surface area (Å²) in [4.78, 5) is 47.8. The molecule has 3 aliphatic rings. The lowest BCUT2D eigenvalue weighted by Gasteiger charge is -2.28. The number of imide groups is 1. The molecule has 8 nitrogen and oxygen atoms in total. The first-order valence-corrected chi connectivity index (χ1v) is 12.0. The highest BCUT2D eigenvalue weighted by Gasteiger charge is 2.46. The molecule has 0 N–H and O–H groups in total. The van der Waals surface area contributed by atoms with Crippen LogP contribution in [0.5, 0.6) is 0 Å². The van der Waals surface area contributed by atoms with Crippen molar-refractivity contribution < 1.29 is 28.2 Å². The Bertz CT molecular complexity index is 1410. The maximum absolute atomic E-state index is 15.1. The van der Waals surface area contributed by atoms with Crippen molar-refractivity contribution in [2.45, 2.75) is 18.9 Å². The number of amides is 3. The second-order valence-electron chi connectivity index (χ2n) is 8.82. The third-order valence-corrected chi connectivity index (χ3v) is 6.67. The molecule has 0 spiro atoms. The van der Waals surface area contributed by atoms with Crippen LogP contribution in [0.25, 0.3) is 0 Å². The van der Waals surface area contributed by atoms with Gasteiger partial charge in [0.2, 0.25) is 6.17 Å². The number of halogens is 1. The van der Waals surface area contributed by atoms with Gasteiger partial charge < -0.3 is 14.4 Å². The van der Waals surface area contributed by atoms with Crippen molar-refractivity contribution in [2.24, 2.45) is 4.99 Å². The van der Waals surface area contributed by atoms with Crippen LogP contribution in [0.4, 0.5) is 10.1 Å². The van der Waals surface area contributed by atoms with Gasteiger partial charge in [0.05, 0.1) is 35.7 Å². The van der Waals surface area contributed by atoms with Crippen LogP contribution >= 0.6 is 0 Å². The fourth-order valence-corrected chi connectivity index (χ4v) is 4.92. The number of anilines is 1. The Labute approximate surface area is 211 Å². The van der Waals surface area contributed by atoms with Crippen LogP contribution in [0.15, 0.2) is 77.8 Å². The number of hydrogen-bond donors (Lipinski definition) is 0. The molecule has 1 saturated heterocycles. The monoisotopic (exact) mass is 499 g/mol. The average Bonchev–Trinajstić information content (AvgIpc) is 3.50. The van der Waals surface area contributed by atoms with E-state index in [4.69, 9.17) is 9.47 Å². The van der Waals surface area contributed by atoms with E-state index in [0.717, 1.165) is 4.90 Å². The quantitative estimate of drug-likeness (QED) is 0.502. The summed E-state index contributed by atoms with van der Waals surface area (Å²) in [5, 5.41) is 0. The van der Waals surface area contributed by atoms with E-state index in [9.17, 15) is 14.4 Å². The smallest absolute Gasteiger partial charge is 0.272 e. The first kappa shape index (κ1) is 23.2. The summed E-state index contributed by atoms with van der Waals surface area (Å²) in [6.07, 6.45) is -1.64. The highest BCUT2D eigenvalue weighted by Crippen LogP contribution is 2.33. The number of carbonyl (C=O) groups excluding carboxylic acids is 3. The number of fused-ring (bicyclic) bond motifs is 2. The van der Waals surface area contributed by atoms with Gasteiger partial charge in [0.15, 0.2) is 6.29 Å². The Kier molecular flexibility index (Phi) is 5.86. The van der Waals surface area contributed by atoms with E-state index in [1.54, 1.807) is 66.7 Å². The van der Waals surface area contributed by atoms with E-state index in [1.807, 2.05) is 0 Å². The summed E-state index contributed by atoms with van der Waals surface area (Å²) < 4.78 is 26.2. The molecule has 186 valence electrons. The van der Waals surface area contributed by atoms with Gasteiger partial charge in [-0.3, -0.25) is 14.4 Å². The molecule has 1 fully saturated rings. The SMILES string of the molecule is O=C1C(N2C(=O)c3ccccc3C2=O)N=C(c2ccccc2F)c2ccccc2N1CCC1OCCO1. The van der Waals surface area contributed by atoms with Crippen LogP contribution in [0.2, 0.25) is 0 Å². The Morgan fingerprint density at radius 1 is 0.784 bits per heavy atom. The lowest BCUT2D eigenvalue weighted by molar-refractivity contribution is -0.122. The van der Waals surface area contributed by atoms with Gasteiger partial charge >= 0.3 is 0 Å². The van der Waals surface area contributed by atoms with Crippen molar-refractivity contribution in [2.75, 3.05) is 24.7 Å². The molecule has 3 aliphatic heterocycles. The molecule has 3 amide bonds. The zero-order chi connectivity index (χ0) is 25.5. The summed E-state index contributed by atoms with van der Waals surface area (Å²) in [6, 6.07) is 19.5. The third-order valence-electron chi connectivity index (χ3n) is 6.67. The van der Waals surface area contributed by atoms with Crippen LogP contribution < -0.4 is 4.90 Å². The third kappa shape index (κ3) is 3.92. The number of nitrogens with zero attached hydrogens (tertiary/aromatic N) is 3. The number of hydrogen-bond acceptors (Lipinski definition) is 6. The van der Waals surface area contributed by atoms with E-state index >= 15 is 4.39 Å². The van der Waals surface area contributed by atoms with Crippen molar-refractivity contribution in [1.29, 1.82) is 0 Å². The maximum atomic E-state index is 15.1. The van der Waals surface area contributed by atoms with Crippen molar-refractivity contribution in [3.8, 4) is 0 Å². The lowest BCUT2D eigenvalue weighted by atomic mass is 9.99. The summed E-state index contributed by atoms with van der Waals surface area (Å²) in [7, 11) is 0. The molecule has 37 heavy (non-hydrogen) atoms. The molecule has 0 bridgehead atoms. The van der Waals surface area contributed by atoms with Crippen LogP contribution in [0.1, 0.15) is 38.3 Å². The van der Waals surface area contributed by atoms with Crippen molar-refractivity contribution in [3.05, 3.63) is 101 Å². The van der Waals surface area contributed by atoms with Crippen molar-refractivity contribution >= 4 is 29.1 Å². The van der Waals surface area contributed by atoms with E-state index in [1.165, 1.54) is 11.0 Å². The van der Waals surface area contributed by atoms with Crippen LogP contribution in [-0.4, -0.2) is 60.5 Å². The van der Waals surface area contributed by atoms with Crippen LogP contribution in [0, 0.1) is 5.82 Å². The van der Waals surface area contributed by atoms with Crippen molar-refractivity contribution in [3.63, 3.8) is 0 Å². The number of aliphatic imine (C=N–C) groups is 1. The van der Waals surface area contributed by atoms with Gasteiger partial charge in [-0.2, -0.15) is 0 Å². The molecule has 0 aromatic heterocycles. The second-order valence-corrected chi connectivity index (χ2v) is 8.82. The second kappa shape index (κ2) is 9.34. The highest BCUT2D eigenvalue weighted by atomic mass is 19.1. The van der Waals surface area contributed by atoms with Gasteiger partial charge in [-0.15, -0.1) is 0 Å². The highest BCUT2D eigenvalue weighted by molar-refractivity contribution is 6.25. The maximum Gasteiger partial charge on any atom is 0.272 e. The fraction of sp³-hybridized carbons (Fsp3) is 0.214. The number of benzodiazepines with no additional fused rings is 1. The lowest BCUT2D eigenvalue weighted by Crippen LogP contribution is -2.50. The first-order chi connectivity index (χ1) is 18.0. The first-order valence-electron chi connectivity index (χ1n) is 12.0. The minimum atomic E-state index is -1.53. The van der Waals surface area contributed by atoms with Gasteiger partial charge in [-0.25, -0.2) is 14.3 Å².